The second-order valence-corrected chi connectivity index (χ2v) is 3.56. The van der Waals surface area contributed by atoms with Crippen LogP contribution in [-0.4, -0.2) is 22.9 Å². The van der Waals surface area contributed by atoms with Crippen molar-refractivity contribution in [3.63, 3.8) is 0 Å². The first-order valence-electron chi connectivity index (χ1n) is 4.91. The zero-order chi connectivity index (χ0) is 9.68. The Morgan fingerprint density at radius 3 is 2.92 bits per heavy atom. The molecule has 0 radical (unpaired) electrons. The van der Waals surface area contributed by atoms with E-state index in [1.165, 1.54) is 5.69 Å². The fraction of sp³-hybridized carbons (Fsp3) is 0.700. The van der Waals surface area contributed by atoms with E-state index in [1.807, 2.05) is 17.9 Å². The molecule has 1 aromatic rings. The van der Waals surface area contributed by atoms with Gasteiger partial charge in [0.2, 0.25) is 0 Å². The monoisotopic (exact) mass is 181 g/mol. The van der Waals surface area contributed by atoms with Gasteiger partial charge in [-0.2, -0.15) is 5.10 Å². The fourth-order valence-corrected chi connectivity index (χ4v) is 1.42. The molecular formula is C10H19N3. The van der Waals surface area contributed by atoms with Gasteiger partial charge in [0, 0.05) is 18.9 Å². The van der Waals surface area contributed by atoms with Gasteiger partial charge in [0.1, 0.15) is 0 Å². The van der Waals surface area contributed by atoms with Gasteiger partial charge in [0.05, 0.1) is 0 Å². The van der Waals surface area contributed by atoms with Crippen LogP contribution in [0.3, 0.4) is 0 Å². The summed E-state index contributed by atoms with van der Waals surface area (Å²) >= 11 is 0. The molecule has 13 heavy (non-hydrogen) atoms. The molecule has 0 bridgehead atoms. The van der Waals surface area contributed by atoms with Crippen LogP contribution in [0.1, 0.15) is 19.5 Å². The van der Waals surface area contributed by atoms with E-state index in [2.05, 4.69) is 30.3 Å². The highest BCUT2D eigenvalue weighted by Crippen LogP contribution is 2.05. The number of nitrogens with zero attached hydrogens (tertiary/aromatic N) is 2. The quantitative estimate of drug-likeness (QED) is 0.740. The summed E-state index contributed by atoms with van der Waals surface area (Å²) < 4.78 is 1.95. The van der Waals surface area contributed by atoms with E-state index in [0.29, 0.717) is 5.92 Å². The highest BCUT2D eigenvalue weighted by Gasteiger charge is 2.05. The molecule has 0 saturated heterocycles. The van der Waals surface area contributed by atoms with Crippen LogP contribution in [-0.2, 0) is 13.5 Å². The molecule has 0 fully saturated rings. The zero-order valence-electron chi connectivity index (χ0n) is 8.75. The maximum Gasteiger partial charge on any atom is 0.0492 e. The van der Waals surface area contributed by atoms with Gasteiger partial charge in [-0.3, -0.25) is 4.68 Å². The first kappa shape index (κ1) is 10.3. The maximum absolute atomic E-state index is 4.15. The Morgan fingerprint density at radius 1 is 1.62 bits per heavy atom. The minimum absolute atomic E-state index is 0.676. The minimum Gasteiger partial charge on any atom is -0.317 e. The molecule has 0 aliphatic heterocycles. The number of hydrogen-bond acceptors (Lipinski definition) is 2. The Kier molecular flexibility index (Phi) is 3.96. The smallest absolute Gasteiger partial charge is 0.0492 e. The van der Waals surface area contributed by atoms with Gasteiger partial charge in [-0.1, -0.05) is 13.8 Å². The predicted molar refractivity (Wildman–Crippen MR) is 54.6 cm³/mol. The Labute approximate surface area is 80.1 Å². The van der Waals surface area contributed by atoms with E-state index in [0.717, 1.165) is 19.5 Å². The number of aromatic nitrogens is 2. The summed E-state index contributed by atoms with van der Waals surface area (Å²) in [5, 5.41) is 7.50. The molecular weight excluding hydrogens is 162 g/mol. The van der Waals surface area contributed by atoms with Crippen LogP contribution in [0.5, 0.6) is 0 Å². The number of rotatable bonds is 5. The summed E-state index contributed by atoms with van der Waals surface area (Å²) in [4.78, 5) is 0. The third-order valence-electron chi connectivity index (χ3n) is 2.22. The van der Waals surface area contributed by atoms with E-state index in [4.69, 9.17) is 0 Å². The SMILES string of the molecule is CCNCC(C)Cc1ccnn1C. The van der Waals surface area contributed by atoms with Crippen molar-refractivity contribution >= 4 is 0 Å². The van der Waals surface area contributed by atoms with Crippen molar-refractivity contribution in [3.8, 4) is 0 Å². The zero-order valence-corrected chi connectivity index (χ0v) is 8.75. The average molecular weight is 181 g/mol. The van der Waals surface area contributed by atoms with Gasteiger partial charge in [-0.25, -0.2) is 0 Å². The Hall–Kier alpha value is -0.830. The molecule has 74 valence electrons. The number of nitrogens with one attached hydrogen (secondary N) is 1. The standard InChI is InChI=1S/C10H19N3/c1-4-11-8-9(2)7-10-5-6-12-13(10)3/h5-6,9,11H,4,7-8H2,1-3H3. The summed E-state index contributed by atoms with van der Waals surface area (Å²) in [5.41, 5.74) is 1.31. The summed E-state index contributed by atoms with van der Waals surface area (Å²) in [6.45, 7) is 6.53. The molecule has 0 spiro atoms. The van der Waals surface area contributed by atoms with Crippen molar-refractivity contribution < 1.29 is 0 Å². The van der Waals surface area contributed by atoms with Crippen LogP contribution in [0.2, 0.25) is 0 Å². The van der Waals surface area contributed by atoms with Crippen molar-refractivity contribution in [2.45, 2.75) is 20.3 Å². The molecule has 1 unspecified atom stereocenters. The molecule has 1 rings (SSSR count). The summed E-state index contributed by atoms with van der Waals surface area (Å²) in [6, 6.07) is 2.09. The molecule has 1 aromatic heterocycles. The molecule has 3 heteroatoms. The normalized spacial score (nSPS) is 13.2. The van der Waals surface area contributed by atoms with Gasteiger partial charge in [-0.05, 0) is 31.5 Å². The van der Waals surface area contributed by atoms with Crippen LogP contribution in [0.15, 0.2) is 12.3 Å². The van der Waals surface area contributed by atoms with Crippen LogP contribution < -0.4 is 5.32 Å². The Morgan fingerprint density at radius 2 is 2.38 bits per heavy atom. The van der Waals surface area contributed by atoms with Crippen molar-refractivity contribution in [1.29, 1.82) is 0 Å². The first-order chi connectivity index (χ1) is 6.24. The molecule has 0 saturated carbocycles. The lowest BCUT2D eigenvalue weighted by atomic mass is 10.1. The largest absolute Gasteiger partial charge is 0.317 e. The van der Waals surface area contributed by atoms with E-state index >= 15 is 0 Å². The van der Waals surface area contributed by atoms with Crippen LogP contribution >= 0.6 is 0 Å². The average Bonchev–Trinajstić information content (AvgIpc) is 2.48. The molecule has 0 amide bonds. The minimum atomic E-state index is 0.676. The van der Waals surface area contributed by atoms with Gasteiger partial charge in [-0.15, -0.1) is 0 Å². The molecule has 1 N–H and O–H groups in total. The third kappa shape index (κ3) is 3.19. The van der Waals surface area contributed by atoms with Crippen LogP contribution in [0, 0.1) is 5.92 Å². The number of hydrogen-bond donors (Lipinski definition) is 1. The molecule has 0 aromatic carbocycles. The van der Waals surface area contributed by atoms with Crippen molar-refractivity contribution in [1.82, 2.24) is 15.1 Å². The van der Waals surface area contributed by atoms with E-state index in [9.17, 15) is 0 Å². The Balaban J connectivity index is 2.36. The summed E-state index contributed by atoms with van der Waals surface area (Å²) in [5.74, 6) is 0.676. The highest BCUT2D eigenvalue weighted by molar-refractivity contribution is 5.00. The van der Waals surface area contributed by atoms with Gasteiger partial charge in [0.15, 0.2) is 0 Å². The van der Waals surface area contributed by atoms with Crippen LogP contribution in [0.4, 0.5) is 0 Å². The van der Waals surface area contributed by atoms with Crippen molar-refractivity contribution in [3.05, 3.63) is 18.0 Å². The predicted octanol–water partition coefficient (Wildman–Crippen LogP) is 1.21. The lowest BCUT2D eigenvalue weighted by Crippen LogP contribution is -2.22. The molecule has 0 aliphatic carbocycles. The summed E-state index contributed by atoms with van der Waals surface area (Å²) in [6.07, 6.45) is 2.96. The topological polar surface area (TPSA) is 29.9 Å². The van der Waals surface area contributed by atoms with Crippen LogP contribution in [0.25, 0.3) is 0 Å². The molecule has 1 heterocycles. The lowest BCUT2D eigenvalue weighted by Gasteiger charge is -2.11. The Bertz CT molecular complexity index is 242. The highest BCUT2D eigenvalue weighted by atomic mass is 15.2. The van der Waals surface area contributed by atoms with E-state index in [1.54, 1.807) is 0 Å². The van der Waals surface area contributed by atoms with Gasteiger partial charge in [0.25, 0.3) is 0 Å². The third-order valence-corrected chi connectivity index (χ3v) is 2.22. The molecule has 3 nitrogen and oxygen atoms in total. The molecule has 1 atom stereocenters. The van der Waals surface area contributed by atoms with Crippen molar-refractivity contribution in [2.75, 3.05) is 13.1 Å². The maximum atomic E-state index is 4.15. The van der Waals surface area contributed by atoms with Crippen molar-refractivity contribution in [2.24, 2.45) is 13.0 Å². The summed E-state index contributed by atoms with van der Waals surface area (Å²) in [7, 11) is 2.00. The second-order valence-electron chi connectivity index (χ2n) is 3.56. The fourth-order valence-electron chi connectivity index (χ4n) is 1.42. The van der Waals surface area contributed by atoms with E-state index < -0.39 is 0 Å². The van der Waals surface area contributed by atoms with E-state index in [-0.39, 0.29) is 0 Å². The second kappa shape index (κ2) is 5.02. The first-order valence-corrected chi connectivity index (χ1v) is 4.91. The number of aryl methyl sites for hydroxylation is 1. The van der Waals surface area contributed by atoms with Gasteiger partial charge < -0.3 is 5.32 Å². The molecule has 0 aliphatic rings. The lowest BCUT2D eigenvalue weighted by molar-refractivity contribution is 0.504. The van der Waals surface area contributed by atoms with Gasteiger partial charge >= 0.3 is 0 Å².